The van der Waals surface area contributed by atoms with Gasteiger partial charge in [0.15, 0.2) is 0 Å². The van der Waals surface area contributed by atoms with E-state index in [0.717, 1.165) is 25.8 Å². The summed E-state index contributed by atoms with van der Waals surface area (Å²) in [6, 6.07) is 5.07. The lowest BCUT2D eigenvalue weighted by molar-refractivity contribution is -0.384. The first-order valence-corrected chi connectivity index (χ1v) is 8.78. The van der Waals surface area contributed by atoms with E-state index in [9.17, 15) is 18.5 Å². The van der Waals surface area contributed by atoms with E-state index >= 15 is 0 Å². The molecule has 0 spiro atoms. The Kier molecular flexibility index (Phi) is 7.40. The summed E-state index contributed by atoms with van der Waals surface area (Å²) in [5.41, 5.74) is -0.107. The van der Waals surface area contributed by atoms with Gasteiger partial charge < -0.3 is 5.32 Å². The molecule has 0 aliphatic carbocycles. The average Bonchev–Trinajstić information content (AvgIpc) is 2.53. The molecular weight excluding hydrogens is 342 g/mol. The van der Waals surface area contributed by atoms with Crippen LogP contribution in [0.1, 0.15) is 19.3 Å². The molecule has 1 N–H and O–H groups in total. The van der Waals surface area contributed by atoms with Gasteiger partial charge in [0.25, 0.3) is 5.69 Å². The van der Waals surface area contributed by atoms with Crippen LogP contribution in [0.4, 0.5) is 5.69 Å². The summed E-state index contributed by atoms with van der Waals surface area (Å²) in [5, 5.41) is 13.7. The Morgan fingerprint density at radius 3 is 2.30 bits per heavy atom. The van der Waals surface area contributed by atoms with Crippen LogP contribution in [0.3, 0.4) is 0 Å². The molecule has 0 bridgehead atoms. The van der Waals surface area contributed by atoms with Gasteiger partial charge >= 0.3 is 0 Å². The normalized spacial score (nSPS) is 16.7. The van der Waals surface area contributed by atoms with Gasteiger partial charge in [0.1, 0.15) is 0 Å². The lowest BCUT2D eigenvalue weighted by atomic mass is 9.95. The topological polar surface area (TPSA) is 92.6 Å². The first kappa shape index (κ1) is 19.8. The third-order valence-electron chi connectivity index (χ3n) is 4.06. The Morgan fingerprint density at radius 1 is 1.26 bits per heavy atom. The molecule has 2 rings (SSSR count). The Hall–Kier alpha value is -1.22. The highest BCUT2D eigenvalue weighted by molar-refractivity contribution is 7.89. The molecule has 0 atom stereocenters. The fraction of sp³-hybridized carbons (Fsp3) is 0.571. The maximum Gasteiger partial charge on any atom is 0.269 e. The summed E-state index contributed by atoms with van der Waals surface area (Å²) in [7, 11) is -1.64. The van der Waals surface area contributed by atoms with E-state index in [1.54, 1.807) is 0 Å². The molecule has 0 radical (unpaired) electrons. The van der Waals surface area contributed by atoms with E-state index in [4.69, 9.17) is 0 Å². The molecule has 1 fully saturated rings. The summed E-state index contributed by atoms with van der Waals surface area (Å²) in [5.74, 6) is 0.552. The number of halogens is 1. The summed E-state index contributed by atoms with van der Waals surface area (Å²) >= 11 is 0. The van der Waals surface area contributed by atoms with Crippen molar-refractivity contribution in [3.63, 3.8) is 0 Å². The number of piperidine rings is 1. The first-order chi connectivity index (χ1) is 10.4. The predicted octanol–water partition coefficient (Wildman–Crippen LogP) is 2.03. The number of nitrogens with one attached hydrogen (secondary N) is 1. The number of hydrogen-bond acceptors (Lipinski definition) is 5. The number of hydrogen-bond donors (Lipinski definition) is 1. The lowest BCUT2D eigenvalue weighted by Crippen LogP contribution is -2.38. The van der Waals surface area contributed by atoms with E-state index in [0.29, 0.717) is 19.0 Å². The van der Waals surface area contributed by atoms with Crippen LogP contribution in [0.5, 0.6) is 0 Å². The maximum atomic E-state index is 12.5. The fourth-order valence-corrected chi connectivity index (χ4v) is 4.15. The second kappa shape index (κ2) is 8.58. The van der Waals surface area contributed by atoms with Crippen molar-refractivity contribution >= 4 is 28.1 Å². The van der Waals surface area contributed by atoms with Crippen molar-refractivity contribution in [2.75, 3.05) is 26.7 Å². The van der Waals surface area contributed by atoms with Crippen LogP contribution in [0.25, 0.3) is 0 Å². The molecule has 1 aliphatic heterocycles. The molecular formula is C14H22ClN3O4S. The molecule has 0 aromatic heterocycles. The monoisotopic (exact) mass is 363 g/mol. The van der Waals surface area contributed by atoms with E-state index < -0.39 is 14.9 Å². The molecule has 130 valence electrons. The summed E-state index contributed by atoms with van der Waals surface area (Å²) in [6.07, 6.45) is 2.77. The van der Waals surface area contributed by atoms with Crippen LogP contribution >= 0.6 is 12.4 Å². The SMILES string of the molecule is CNCCC1CCN(S(=O)(=O)c2ccc([N+](=O)[O-])cc2)CC1.Cl. The standard InChI is InChI=1S/C14H21N3O4S.ClH/c1-15-9-6-12-7-10-16(11-8-12)22(20,21)14-4-2-13(3-5-14)17(18)19;/h2-5,12,15H,6-11H2,1H3;1H. The number of rotatable bonds is 6. The van der Waals surface area contributed by atoms with Crippen LogP contribution in [-0.2, 0) is 10.0 Å². The van der Waals surface area contributed by atoms with Gasteiger partial charge in [-0.1, -0.05) is 0 Å². The van der Waals surface area contributed by atoms with E-state index in [1.807, 2.05) is 7.05 Å². The third kappa shape index (κ3) is 4.87. The van der Waals surface area contributed by atoms with Crippen molar-refractivity contribution in [3.05, 3.63) is 34.4 Å². The van der Waals surface area contributed by atoms with Crippen LogP contribution in [0.15, 0.2) is 29.2 Å². The van der Waals surface area contributed by atoms with Crippen LogP contribution in [0, 0.1) is 16.0 Å². The quantitative estimate of drug-likeness (QED) is 0.616. The molecule has 0 unspecified atom stereocenters. The highest BCUT2D eigenvalue weighted by atomic mass is 35.5. The molecule has 7 nitrogen and oxygen atoms in total. The second-order valence-corrected chi connectivity index (χ2v) is 7.43. The molecule has 1 aliphatic rings. The number of sulfonamides is 1. The van der Waals surface area contributed by atoms with Crippen molar-refractivity contribution in [2.45, 2.75) is 24.2 Å². The number of nitro benzene ring substituents is 1. The van der Waals surface area contributed by atoms with Gasteiger partial charge in [-0.05, 0) is 50.9 Å². The average molecular weight is 364 g/mol. The molecule has 9 heteroatoms. The molecule has 0 saturated carbocycles. The van der Waals surface area contributed by atoms with Crippen molar-refractivity contribution in [3.8, 4) is 0 Å². The van der Waals surface area contributed by atoms with Gasteiger partial charge in [-0.15, -0.1) is 12.4 Å². The van der Waals surface area contributed by atoms with Gasteiger partial charge in [-0.25, -0.2) is 8.42 Å². The highest BCUT2D eigenvalue weighted by Gasteiger charge is 2.29. The molecule has 23 heavy (non-hydrogen) atoms. The second-order valence-electron chi connectivity index (χ2n) is 5.49. The fourth-order valence-electron chi connectivity index (χ4n) is 2.68. The molecule has 1 saturated heterocycles. The van der Waals surface area contributed by atoms with E-state index in [1.165, 1.54) is 28.6 Å². The maximum absolute atomic E-state index is 12.5. The summed E-state index contributed by atoms with van der Waals surface area (Å²) in [6.45, 7) is 1.96. The minimum Gasteiger partial charge on any atom is -0.320 e. The van der Waals surface area contributed by atoms with Gasteiger partial charge in [0.2, 0.25) is 10.0 Å². The summed E-state index contributed by atoms with van der Waals surface area (Å²) < 4.78 is 26.5. The Balaban J connectivity index is 0.00000264. The van der Waals surface area contributed by atoms with E-state index in [-0.39, 0.29) is 23.0 Å². The predicted molar refractivity (Wildman–Crippen MR) is 90.4 cm³/mol. The van der Waals surface area contributed by atoms with Gasteiger partial charge in [-0.3, -0.25) is 10.1 Å². The van der Waals surface area contributed by atoms with Gasteiger partial charge in [0.05, 0.1) is 9.82 Å². The third-order valence-corrected chi connectivity index (χ3v) is 5.97. The first-order valence-electron chi connectivity index (χ1n) is 7.34. The highest BCUT2D eigenvalue weighted by Crippen LogP contribution is 2.26. The van der Waals surface area contributed by atoms with Crippen molar-refractivity contribution in [2.24, 2.45) is 5.92 Å². The minimum absolute atomic E-state index is 0. The van der Waals surface area contributed by atoms with Gasteiger partial charge in [0, 0.05) is 25.2 Å². The number of nitro groups is 1. The van der Waals surface area contributed by atoms with Crippen molar-refractivity contribution < 1.29 is 13.3 Å². The largest absolute Gasteiger partial charge is 0.320 e. The van der Waals surface area contributed by atoms with E-state index in [2.05, 4.69) is 5.32 Å². The minimum atomic E-state index is -3.55. The van der Waals surface area contributed by atoms with Crippen LogP contribution < -0.4 is 5.32 Å². The summed E-state index contributed by atoms with van der Waals surface area (Å²) in [4.78, 5) is 10.2. The van der Waals surface area contributed by atoms with Gasteiger partial charge in [-0.2, -0.15) is 4.31 Å². The van der Waals surface area contributed by atoms with Crippen molar-refractivity contribution in [1.82, 2.24) is 9.62 Å². The Bertz CT molecular complexity index is 613. The smallest absolute Gasteiger partial charge is 0.269 e. The number of non-ortho nitro benzene ring substituents is 1. The zero-order valence-electron chi connectivity index (χ0n) is 13.0. The molecule has 0 amide bonds. The van der Waals surface area contributed by atoms with Crippen LogP contribution in [0.2, 0.25) is 0 Å². The van der Waals surface area contributed by atoms with Crippen LogP contribution in [-0.4, -0.2) is 44.3 Å². The number of benzene rings is 1. The molecule has 1 aromatic rings. The zero-order valence-corrected chi connectivity index (χ0v) is 14.6. The zero-order chi connectivity index (χ0) is 16.2. The molecule has 1 heterocycles. The Morgan fingerprint density at radius 2 is 1.83 bits per heavy atom. The Labute approximate surface area is 142 Å². The molecule has 1 aromatic carbocycles. The number of nitrogens with zero attached hydrogens (tertiary/aromatic N) is 2. The van der Waals surface area contributed by atoms with Crippen molar-refractivity contribution in [1.29, 1.82) is 0 Å². The lowest BCUT2D eigenvalue weighted by Gasteiger charge is -2.31.